The average molecular weight is 331 g/mol. The van der Waals surface area contributed by atoms with Gasteiger partial charge in [-0.25, -0.2) is 0 Å². The summed E-state index contributed by atoms with van der Waals surface area (Å²) in [6, 6.07) is 14.6. The van der Waals surface area contributed by atoms with Crippen molar-refractivity contribution < 1.29 is 22.4 Å². The van der Waals surface area contributed by atoms with Gasteiger partial charge in [0.05, 0.1) is 11.8 Å². The summed E-state index contributed by atoms with van der Waals surface area (Å²) in [5.41, 5.74) is 0.414. The van der Waals surface area contributed by atoms with E-state index in [0.29, 0.717) is 11.3 Å². The van der Waals surface area contributed by atoms with Crippen molar-refractivity contribution in [3.63, 3.8) is 0 Å². The highest BCUT2D eigenvalue weighted by molar-refractivity contribution is 6.04. The summed E-state index contributed by atoms with van der Waals surface area (Å²) in [4.78, 5) is 12.2. The van der Waals surface area contributed by atoms with Crippen LogP contribution < -0.4 is 5.32 Å². The first-order valence-electron chi connectivity index (χ1n) is 7.06. The summed E-state index contributed by atoms with van der Waals surface area (Å²) >= 11 is 0. The molecular formula is C18H12F3NO2. The topological polar surface area (TPSA) is 42.2 Å². The van der Waals surface area contributed by atoms with Crippen molar-refractivity contribution in [2.45, 2.75) is 6.18 Å². The van der Waals surface area contributed by atoms with Gasteiger partial charge in [0.15, 0.2) is 0 Å². The van der Waals surface area contributed by atoms with Crippen molar-refractivity contribution in [1.82, 2.24) is 0 Å². The van der Waals surface area contributed by atoms with E-state index in [2.05, 4.69) is 5.32 Å². The molecule has 3 nitrogen and oxygen atoms in total. The molecule has 2 aromatic carbocycles. The maximum absolute atomic E-state index is 12.7. The van der Waals surface area contributed by atoms with Crippen LogP contribution >= 0.6 is 0 Å². The van der Waals surface area contributed by atoms with E-state index in [9.17, 15) is 18.0 Å². The van der Waals surface area contributed by atoms with Gasteiger partial charge in [0, 0.05) is 16.8 Å². The third-order valence-corrected chi connectivity index (χ3v) is 3.40. The number of alkyl halides is 3. The molecule has 1 N–H and O–H groups in total. The molecule has 0 bridgehead atoms. The maximum atomic E-state index is 12.7. The Labute approximate surface area is 135 Å². The predicted molar refractivity (Wildman–Crippen MR) is 83.5 cm³/mol. The Morgan fingerprint density at radius 2 is 1.71 bits per heavy atom. The van der Waals surface area contributed by atoms with E-state index in [-0.39, 0.29) is 5.69 Å². The van der Waals surface area contributed by atoms with Crippen LogP contribution in [-0.4, -0.2) is 5.91 Å². The molecule has 0 aliphatic carbocycles. The van der Waals surface area contributed by atoms with Crippen molar-refractivity contribution in [2.24, 2.45) is 0 Å². The smallest absolute Gasteiger partial charge is 0.416 e. The number of benzene rings is 2. The molecule has 0 saturated heterocycles. The molecule has 1 aromatic heterocycles. The number of halogens is 3. The van der Waals surface area contributed by atoms with E-state index in [1.165, 1.54) is 12.1 Å². The molecule has 122 valence electrons. The number of rotatable bonds is 3. The first kappa shape index (κ1) is 15.9. The SMILES string of the molecule is O=C(Nc1cccc(C(F)(F)F)c1)c1ccc(-c2ccco2)cc1. The largest absolute Gasteiger partial charge is 0.464 e. The van der Waals surface area contributed by atoms with E-state index in [0.717, 1.165) is 17.7 Å². The monoisotopic (exact) mass is 331 g/mol. The van der Waals surface area contributed by atoms with Crippen LogP contribution in [0.15, 0.2) is 71.3 Å². The highest BCUT2D eigenvalue weighted by Crippen LogP contribution is 2.30. The zero-order chi connectivity index (χ0) is 17.2. The van der Waals surface area contributed by atoms with Gasteiger partial charge in [-0.1, -0.05) is 18.2 Å². The Balaban J connectivity index is 1.76. The molecule has 0 fully saturated rings. The number of hydrogen-bond donors (Lipinski definition) is 1. The van der Waals surface area contributed by atoms with Crippen LogP contribution in [0.1, 0.15) is 15.9 Å². The third kappa shape index (κ3) is 3.48. The van der Waals surface area contributed by atoms with Crippen molar-refractivity contribution in [3.05, 3.63) is 78.1 Å². The molecule has 0 unspecified atom stereocenters. The fourth-order valence-corrected chi connectivity index (χ4v) is 2.21. The minimum Gasteiger partial charge on any atom is -0.464 e. The molecule has 3 aromatic rings. The summed E-state index contributed by atoms with van der Waals surface area (Å²) in [6.07, 6.45) is -2.91. The molecule has 3 rings (SSSR count). The molecule has 0 spiro atoms. The van der Waals surface area contributed by atoms with Crippen molar-refractivity contribution in [1.29, 1.82) is 0 Å². The molecule has 0 saturated carbocycles. The van der Waals surface area contributed by atoms with Gasteiger partial charge >= 0.3 is 6.18 Å². The van der Waals surface area contributed by atoms with E-state index in [1.807, 2.05) is 0 Å². The summed E-state index contributed by atoms with van der Waals surface area (Å²) in [7, 11) is 0. The summed E-state index contributed by atoms with van der Waals surface area (Å²) < 4.78 is 43.3. The second-order valence-corrected chi connectivity index (χ2v) is 5.09. The third-order valence-electron chi connectivity index (χ3n) is 3.40. The standard InChI is InChI=1S/C18H12F3NO2/c19-18(20,21)14-3-1-4-15(11-14)22-17(23)13-8-6-12(7-9-13)16-5-2-10-24-16/h1-11H,(H,22,23). The van der Waals surface area contributed by atoms with Gasteiger partial charge in [0.2, 0.25) is 0 Å². The molecule has 0 atom stereocenters. The molecule has 0 radical (unpaired) electrons. The highest BCUT2D eigenvalue weighted by atomic mass is 19.4. The lowest BCUT2D eigenvalue weighted by Gasteiger charge is -2.10. The normalized spacial score (nSPS) is 11.3. The second-order valence-electron chi connectivity index (χ2n) is 5.09. The summed E-state index contributed by atoms with van der Waals surface area (Å²) in [5.74, 6) is 0.181. The number of amides is 1. The number of carbonyl (C=O) groups excluding carboxylic acids is 1. The van der Waals surface area contributed by atoms with Gasteiger partial charge in [0.25, 0.3) is 5.91 Å². The molecule has 24 heavy (non-hydrogen) atoms. The summed E-state index contributed by atoms with van der Waals surface area (Å²) in [5, 5.41) is 2.46. The van der Waals surface area contributed by atoms with Crippen LogP contribution in [0.25, 0.3) is 11.3 Å². The van der Waals surface area contributed by atoms with Crippen molar-refractivity contribution >= 4 is 11.6 Å². The number of hydrogen-bond acceptors (Lipinski definition) is 2. The number of nitrogens with one attached hydrogen (secondary N) is 1. The fourth-order valence-electron chi connectivity index (χ4n) is 2.21. The average Bonchev–Trinajstić information content (AvgIpc) is 3.09. The van der Waals surface area contributed by atoms with E-state index in [4.69, 9.17) is 4.42 Å². The van der Waals surface area contributed by atoms with Crippen LogP contribution in [0.2, 0.25) is 0 Å². The first-order valence-corrected chi connectivity index (χ1v) is 7.06. The Kier molecular flexibility index (Phi) is 4.12. The summed E-state index contributed by atoms with van der Waals surface area (Å²) in [6.45, 7) is 0. The lowest BCUT2D eigenvalue weighted by atomic mass is 10.1. The van der Waals surface area contributed by atoms with E-state index in [1.54, 1.807) is 42.7 Å². The minimum absolute atomic E-state index is 0.0879. The molecule has 1 heterocycles. The van der Waals surface area contributed by atoms with Crippen LogP contribution in [0, 0.1) is 0 Å². The molecule has 0 aliphatic heterocycles. The van der Waals surface area contributed by atoms with Gasteiger partial charge in [-0.15, -0.1) is 0 Å². The Morgan fingerprint density at radius 3 is 2.33 bits per heavy atom. The Bertz CT molecular complexity index is 837. The van der Waals surface area contributed by atoms with Crippen molar-refractivity contribution in [3.8, 4) is 11.3 Å². The first-order chi connectivity index (χ1) is 11.4. The van der Waals surface area contributed by atoms with Crippen molar-refractivity contribution in [2.75, 3.05) is 5.32 Å². The molecular weight excluding hydrogens is 319 g/mol. The lowest BCUT2D eigenvalue weighted by molar-refractivity contribution is -0.137. The van der Waals surface area contributed by atoms with Crippen LogP contribution in [0.5, 0.6) is 0 Å². The van der Waals surface area contributed by atoms with Crippen LogP contribution in [0.3, 0.4) is 0 Å². The fraction of sp³-hybridized carbons (Fsp3) is 0.0556. The zero-order valence-corrected chi connectivity index (χ0v) is 12.3. The molecule has 6 heteroatoms. The second kappa shape index (κ2) is 6.23. The quantitative estimate of drug-likeness (QED) is 0.715. The van der Waals surface area contributed by atoms with Gasteiger partial charge in [-0.2, -0.15) is 13.2 Å². The van der Waals surface area contributed by atoms with Crippen LogP contribution in [-0.2, 0) is 6.18 Å². The van der Waals surface area contributed by atoms with Crippen LogP contribution in [0.4, 0.5) is 18.9 Å². The van der Waals surface area contributed by atoms with Gasteiger partial charge in [-0.3, -0.25) is 4.79 Å². The molecule has 1 amide bonds. The minimum atomic E-state index is -4.45. The van der Waals surface area contributed by atoms with Gasteiger partial charge in [0.1, 0.15) is 5.76 Å². The van der Waals surface area contributed by atoms with E-state index < -0.39 is 17.6 Å². The highest BCUT2D eigenvalue weighted by Gasteiger charge is 2.30. The Hall–Kier alpha value is -3.02. The van der Waals surface area contributed by atoms with Gasteiger partial charge in [-0.05, 0) is 42.5 Å². The zero-order valence-electron chi connectivity index (χ0n) is 12.3. The predicted octanol–water partition coefficient (Wildman–Crippen LogP) is 5.22. The lowest BCUT2D eigenvalue weighted by Crippen LogP contribution is -2.13. The van der Waals surface area contributed by atoms with E-state index >= 15 is 0 Å². The number of furan rings is 1. The Morgan fingerprint density at radius 1 is 0.958 bits per heavy atom. The number of anilines is 1. The molecule has 0 aliphatic rings. The maximum Gasteiger partial charge on any atom is 0.416 e. The van der Waals surface area contributed by atoms with Gasteiger partial charge < -0.3 is 9.73 Å². The number of carbonyl (C=O) groups is 1.